The van der Waals surface area contributed by atoms with Gasteiger partial charge in [0.15, 0.2) is 0 Å². The van der Waals surface area contributed by atoms with E-state index < -0.39 is 17.6 Å². The SMILES string of the molecule is CC(NC(=O)C(C)(C)C)C(=O)NCC(O)c1ccccc1Cl. The maximum Gasteiger partial charge on any atom is 0.242 e. The minimum atomic E-state index is -0.900. The van der Waals surface area contributed by atoms with Crippen LogP contribution in [-0.2, 0) is 9.59 Å². The molecule has 5 nitrogen and oxygen atoms in total. The summed E-state index contributed by atoms with van der Waals surface area (Å²) in [7, 11) is 0. The van der Waals surface area contributed by atoms with E-state index >= 15 is 0 Å². The molecule has 0 bridgehead atoms. The number of carbonyl (C=O) groups is 2. The molecule has 0 aliphatic heterocycles. The van der Waals surface area contributed by atoms with Gasteiger partial charge in [0.2, 0.25) is 11.8 Å². The van der Waals surface area contributed by atoms with Gasteiger partial charge in [0.1, 0.15) is 6.04 Å². The zero-order valence-corrected chi connectivity index (χ0v) is 14.1. The number of hydrogen-bond acceptors (Lipinski definition) is 3. The molecular formula is C16H23ClN2O3. The van der Waals surface area contributed by atoms with Crippen LogP contribution >= 0.6 is 11.6 Å². The van der Waals surface area contributed by atoms with E-state index in [1.54, 1.807) is 52.0 Å². The molecule has 0 spiro atoms. The summed E-state index contributed by atoms with van der Waals surface area (Å²) in [6.07, 6.45) is -0.900. The van der Waals surface area contributed by atoms with Gasteiger partial charge in [0, 0.05) is 22.5 Å². The van der Waals surface area contributed by atoms with E-state index in [1.165, 1.54) is 0 Å². The van der Waals surface area contributed by atoms with Gasteiger partial charge in [-0.3, -0.25) is 9.59 Å². The van der Waals surface area contributed by atoms with Gasteiger partial charge in [-0.05, 0) is 13.0 Å². The minimum Gasteiger partial charge on any atom is -0.387 e. The van der Waals surface area contributed by atoms with Crippen molar-refractivity contribution in [3.05, 3.63) is 34.9 Å². The van der Waals surface area contributed by atoms with Crippen molar-refractivity contribution in [1.29, 1.82) is 0 Å². The van der Waals surface area contributed by atoms with Crippen molar-refractivity contribution in [1.82, 2.24) is 10.6 Å². The molecule has 0 aliphatic carbocycles. The van der Waals surface area contributed by atoms with Gasteiger partial charge in [-0.15, -0.1) is 0 Å². The largest absolute Gasteiger partial charge is 0.387 e. The fourth-order valence-corrected chi connectivity index (χ4v) is 1.95. The second-order valence-corrected chi connectivity index (χ2v) is 6.63. The van der Waals surface area contributed by atoms with E-state index in [4.69, 9.17) is 11.6 Å². The Kier molecular flexibility index (Phi) is 6.38. The molecule has 0 heterocycles. The number of aliphatic hydroxyl groups is 1. The number of aliphatic hydroxyl groups excluding tert-OH is 1. The molecule has 1 aromatic carbocycles. The van der Waals surface area contributed by atoms with Gasteiger partial charge in [-0.2, -0.15) is 0 Å². The Balaban J connectivity index is 2.52. The molecule has 3 N–H and O–H groups in total. The summed E-state index contributed by atoms with van der Waals surface area (Å²) < 4.78 is 0. The monoisotopic (exact) mass is 326 g/mol. The molecule has 0 aromatic heterocycles. The lowest BCUT2D eigenvalue weighted by Crippen LogP contribution is -2.48. The van der Waals surface area contributed by atoms with Crippen molar-refractivity contribution in [2.24, 2.45) is 5.41 Å². The third kappa shape index (κ3) is 5.31. The maximum absolute atomic E-state index is 12.0. The van der Waals surface area contributed by atoms with Gasteiger partial charge in [0.25, 0.3) is 0 Å². The van der Waals surface area contributed by atoms with Crippen molar-refractivity contribution >= 4 is 23.4 Å². The van der Waals surface area contributed by atoms with Crippen LogP contribution in [0.5, 0.6) is 0 Å². The summed E-state index contributed by atoms with van der Waals surface area (Å²) in [5, 5.41) is 15.7. The van der Waals surface area contributed by atoms with Crippen LogP contribution in [0.4, 0.5) is 0 Å². The summed E-state index contributed by atoms with van der Waals surface area (Å²) in [6.45, 7) is 6.94. The lowest BCUT2D eigenvalue weighted by molar-refractivity contribution is -0.133. The van der Waals surface area contributed by atoms with E-state index in [9.17, 15) is 14.7 Å². The Labute approximate surface area is 136 Å². The fourth-order valence-electron chi connectivity index (χ4n) is 1.68. The zero-order valence-electron chi connectivity index (χ0n) is 13.3. The normalized spacial score (nSPS) is 14.1. The molecule has 2 unspecified atom stereocenters. The van der Waals surface area contributed by atoms with Gasteiger partial charge in [0.05, 0.1) is 6.10 Å². The molecule has 0 radical (unpaired) electrons. The van der Waals surface area contributed by atoms with Crippen LogP contribution in [0.3, 0.4) is 0 Å². The molecule has 2 amide bonds. The topological polar surface area (TPSA) is 78.4 Å². The first kappa shape index (κ1) is 18.5. The van der Waals surface area contributed by atoms with Gasteiger partial charge < -0.3 is 15.7 Å². The van der Waals surface area contributed by atoms with E-state index in [-0.39, 0.29) is 18.4 Å². The number of rotatable bonds is 5. The average Bonchev–Trinajstić information content (AvgIpc) is 2.43. The Hall–Kier alpha value is -1.59. The second kappa shape index (κ2) is 7.61. The van der Waals surface area contributed by atoms with Crippen LogP contribution in [0.25, 0.3) is 0 Å². The number of hydrogen-bond donors (Lipinski definition) is 3. The maximum atomic E-state index is 12.0. The van der Waals surface area contributed by atoms with Crippen molar-refractivity contribution in [2.75, 3.05) is 6.54 Å². The number of benzene rings is 1. The molecule has 122 valence electrons. The highest BCUT2D eigenvalue weighted by Crippen LogP contribution is 2.21. The predicted molar refractivity (Wildman–Crippen MR) is 86.5 cm³/mol. The van der Waals surface area contributed by atoms with Gasteiger partial charge >= 0.3 is 0 Å². The average molecular weight is 327 g/mol. The molecular weight excluding hydrogens is 304 g/mol. The molecule has 2 atom stereocenters. The van der Waals surface area contributed by atoms with E-state index in [0.29, 0.717) is 10.6 Å². The number of halogens is 1. The third-order valence-electron chi connectivity index (χ3n) is 3.16. The lowest BCUT2D eigenvalue weighted by Gasteiger charge is -2.22. The molecule has 1 aromatic rings. The summed E-state index contributed by atoms with van der Waals surface area (Å²) in [5.74, 6) is -0.564. The standard InChI is InChI=1S/C16H23ClN2O3/c1-10(19-15(22)16(2,3)4)14(21)18-9-13(20)11-7-5-6-8-12(11)17/h5-8,10,13,20H,9H2,1-4H3,(H,18,21)(H,19,22). The van der Waals surface area contributed by atoms with Gasteiger partial charge in [-0.25, -0.2) is 0 Å². The van der Waals surface area contributed by atoms with Crippen LogP contribution in [-0.4, -0.2) is 29.5 Å². The minimum absolute atomic E-state index is 0.0261. The molecule has 0 aliphatic rings. The highest BCUT2D eigenvalue weighted by molar-refractivity contribution is 6.31. The molecule has 0 saturated heterocycles. The smallest absolute Gasteiger partial charge is 0.242 e. The van der Waals surface area contributed by atoms with Crippen LogP contribution in [0, 0.1) is 5.41 Å². The van der Waals surface area contributed by atoms with E-state index in [2.05, 4.69) is 10.6 Å². The van der Waals surface area contributed by atoms with Crippen LogP contribution in [0.15, 0.2) is 24.3 Å². The Morgan fingerprint density at radius 3 is 2.41 bits per heavy atom. The van der Waals surface area contributed by atoms with Crippen LogP contribution in [0.2, 0.25) is 5.02 Å². The van der Waals surface area contributed by atoms with Crippen molar-refractivity contribution in [3.63, 3.8) is 0 Å². The summed E-state index contributed by atoms with van der Waals surface area (Å²) in [5.41, 5.74) is -0.0122. The first-order chi connectivity index (χ1) is 10.1. The number of carbonyl (C=O) groups excluding carboxylic acids is 2. The molecule has 0 fully saturated rings. The summed E-state index contributed by atoms with van der Waals surface area (Å²) in [4.78, 5) is 23.8. The summed E-state index contributed by atoms with van der Waals surface area (Å²) in [6, 6.07) is 6.22. The first-order valence-electron chi connectivity index (χ1n) is 7.14. The van der Waals surface area contributed by atoms with Crippen LogP contribution in [0.1, 0.15) is 39.4 Å². The number of amides is 2. The molecule has 6 heteroatoms. The lowest BCUT2D eigenvalue weighted by atomic mass is 9.95. The quantitative estimate of drug-likeness (QED) is 0.774. The van der Waals surface area contributed by atoms with E-state index in [0.717, 1.165) is 0 Å². The Morgan fingerprint density at radius 1 is 1.27 bits per heavy atom. The van der Waals surface area contributed by atoms with Crippen molar-refractivity contribution in [3.8, 4) is 0 Å². The van der Waals surface area contributed by atoms with Crippen molar-refractivity contribution in [2.45, 2.75) is 39.8 Å². The molecule has 22 heavy (non-hydrogen) atoms. The fraction of sp³-hybridized carbons (Fsp3) is 0.500. The Bertz CT molecular complexity index is 540. The van der Waals surface area contributed by atoms with Gasteiger partial charge in [-0.1, -0.05) is 50.6 Å². The number of nitrogens with one attached hydrogen (secondary N) is 2. The molecule has 0 saturated carbocycles. The highest BCUT2D eigenvalue weighted by Gasteiger charge is 2.25. The third-order valence-corrected chi connectivity index (χ3v) is 3.50. The predicted octanol–water partition coefficient (Wildman–Crippen LogP) is 2.04. The summed E-state index contributed by atoms with van der Waals surface area (Å²) >= 11 is 5.99. The molecule has 1 rings (SSSR count). The zero-order chi connectivity index (χ0) is 16.9. The Morgan fingerprint density at radius 2 is 1.86 bits per heavy atom. The van der Waals surface area contributed by atoms with Crippen LogP contribution < -0.4 is 10.6 Å². The highest BCUT2D eigenvalue weighted by atomic mass is 35.5. The van der Waals surface area contributed by atoms with Crippen molar-refractivity contribution < 1.29 is 14.7 Å². The second-order valence-electron chi connectivity index (χ2n) is 6.23. The first-order valence-corrected chi connectivity index (χ1v) is 7.52. The van der Waals surface area contributed by atoms with E-state index in [1.807, 2.05) is 0 Å².